The van der Waals surface area contributed by atoms with Gasteiger partial charge in [0, 0.05) is 28.4 Å². The molecular formula is C20H21ClN4O. The van der Waals surface area contributed by atoms with Gasteiger partial charge in [-0.1, -0.05) is 48.0 Å². The second-order valence-electron chi connectivity index (χ2n) is 6.14. The van der Waals surface area contributed by atoms with Gasteiger partial charge >= 0.3 is 0 Å². The molecule has 1 atom stereocenters. The van der Waals surface area contributed by atoms with Gasteiger partial charge in [-0.2, -0.15) is 4.98 Å². The van der Waals surface area contributed by atoms with E-state index in [9.17, 15) is 5.11 Å². The summed E-state index contributed by atoms with van der Waals surface area (Å²) in [4.78, 5) is 9.10. The van der Waals surface area contributed by atoms with E-state index in [1.807, 2.05) is 68.4 Å². The molecule has 6 heteroatoms. The quantitative estimate of drug-likeness (QED) is 0.591. The molecule has 5 nitrogen and oxygen atoms in total. The van der Waals surface area contributed by atoms with Gasteiger partial charge in [0.15, 0.2) is 0 Å². The fourth-order valence-electron chi connectivity index (χ4n) is 2.47. The van der Waals surface area contributed by atoms with Crippen molar-refractivity contribution in [3.8, 4) is 11.3 Å². The van der Waals surface area contributed by atoms with Gasteiger partial charge in [-0.25, -0.2) is 4.98 Å². The number of hydrogen-bond acceptors (Lipinski definition) is 5. The fraction of sp³-hybridized carbons (Fsp3) is 0.200. The summed E-state index contributed by atoms with van der Waals surface area (Å²) in [5.41, 5.74) is 3.72. The summed E-state index contributed by atoms with van der Waals surface area (Å²) in [7, 11) is 0. The Morgan fingerprint density at radius 3 is 2.58 bits per heavy atom. The second kappa shape index (κ2) is 8.17. The Hall–Kier alpha value is -2.63. The van der Waals surface area contributed by atoms with Crippen LogP contribution in [0.2, 0.25) is 5.02 Å². The SMILES string of the molecule is Cc1ccc(Cl)cc1Nc1cc(-c2ccccc2)nc(N[C@@H](C)CO)n1. The van der Waals surface area contributed by atoms with E-state index in [-0.39, 0.29) is 12.6 Å². The minimum Gasteiger partial charge on any atom is -0.394 e. The summed E-state index contributed by atoms with van der Waals surface area (Å²) in [6, 6.07) is 17.3. The number of rotatable bonds is 6. The average molecular weight is 369 g/mol. The Bertz CT molecular complexity index is 886. The molecule has 0 unspecified atom stereocenters. The molecule has 0 spiro atoms. The van der Waals surface area contributed by atoms with Gasteiger partial charge in [-0.3, -0.25) is 0 Å². The molecule has 1 aromatic heterocycles. The summed E-state index contributed by atoms with van der Waals surface area (Å²) in [5.74, 6) is 1.10. The second-order valence-corrected chi connectivity index (χ2v) is 6.58. The van der Waals surface area contributed by atoms with Crippen LogP contribution in [0.1, 0.15) is 12.5 Å². The van der Waals surface area contributed by atoms with Gasteiger partial charge in [-0.15, -0.1) is 0 Å². The van der Waals surface area contributed by atoms with Crippen molar-refractivity contribution in [1.29, 1.82) is 0 Å². The number of hydrogen-bond donors (Lipinski definition) is 3. The zero-order valence-corrected chi connectivity index (χ0v) is 15.5. The van der Waals surface area contributed by atoms with Crippen molar-refractivity contribution in [2.75, 3.05) is 17.2 Å². The highest BCUT2D eigenvalue weighted by Gasteiger charge is 2.10. The Balaban J connectivity index is 2.00. The molecular weight excluding hydrogens is 348 g/mol. The minimum absolute atomic E-state index is 0.00487. The third kappa shape index (κ3) is 4.50. The van der Waals surface area contributed by atoms with Crippen LogP contribution in [0.3, 0.4) is 0 Å². The predicted molar refractivity (Wildman–Crippen MR) is 107 cm³/mol. The molecule has 26 heavy (non-hydrogen) atoms. The first-order valence-corrected chi connectivity index (χ1v) is 8.78. The van der Waals surface area contributed by atoms with E-state index in [0.717, 1.165) is 22.5 Å². The number of aliphatic hydroxyl groups is 1. The van der Waals surface area contributed by atoms with E-state index in [2.05, 4.69) is 20.6 Å². The van der Waals surface area contributed by atoms with Crippen LogP contribution >= 0.6 is 11.6 Å². The van der Waals surface area contributed by atoms with Crippen molar-refractivity contribution < 1.29 is 5.11 Å². The lowest BCUT2D eigenvalue weighted by atomic mass is 10.1. The Morgan fingerprint density at radius 2 is 1.85 bits per heavy atom. The molecule has 0 bridgehead atoms. The molecule has 3 aromatic rings. The standard InChI is InChI=1S/C20H21ClN4O/c1-13-8-9-16(21)10-17(13)23-19-11-18(15-6-4-3-5-7-15)24-20(25-19)22-14(2)12-26/h3-11,14,26H,12H2,1-2H3,(H2,22,23,24,25)/t14-/m0/s1. The number of aryl methyl sites for hydroxylation is 1. The van der Waals surface area contributed by atoms with Crippen LogP contribution in [-0.2, 0) is 0 Å². The lowest BCUT2D eigenvalue weighted by Gasteiger charge is -2.15. The van der Waals surface area contributed by atoms with Crippen LogP contribution in [0.5, 0.6) is 0 Å². The molecule has 0 amide bonds. The average Bonchev–Trinajstić information content (AvgIpc) is 2.65. The van der Waals surface area contributed by atoms with Gasteiger partial charge in [0.1, 0.15) is 5.82 Å². The van der Waals surface area contributed by atoms with Crippen LogP contribution < -0.4 is 10.6 Å². The predicted octanol–water partition coefficient (Wildman–Crippen LogP) is 4.64. The zero-order chi connectivity index (χ0) is 18.5. The van der Waals surface area contributed by atoms with Crippen molar-refractivity contribution in [1.82, 2.24) is 9.97 Å². The topological polar surface area (TPSA) is 70.1 Å². The smallest absolute Gasteiger partial charge is 0.225 e. The number of nitrogens with zero attached hydrogens (tertiary/aromatic N) is 2. The van der Waals surface area contributed by atoms with Crippen LogP contribution in [0.15, 0.2) is 54.6 Å². The molecule has 2 aromatic carbocycles. The number of anilines is 3. The number of benzene rings is 2. The van der Waals surface area contributed by atoms with E-state index in [1.165, 1.54) is 0 Å². The van der Waals surface area contributed by atoms with Crippen LogP contribution in [-0.4, -0.2) is 27.7 Å². The van der Waals surface area contributed by atoms with Gasteiger partial charge < -0.3 is 15.7 Å². The number of nitrogens with one attached hydrogen (secondary N) is 2. The molecule has 3 rings (SSSR count). The zero-order valence-electron chi connectivity index (χ0n) is 14.7. The highest BCUT2D eigenvalue weighted by Crippen LogP contribution is 2.27. The molecule has 0 aliphatic heterocycles. The van der Waals surface area contributed by atoms with Gasteiger partial charge in [0.25, 0.3) is 0 Å². The van der Waals surface area contributed by atoms with Crippen molar-refractivity contribution in [2.24, 2.45) is 0 Å². The number of aromatic nitrogens is 2. The first kappa shape index (κ1) is 18.2. The highest BCUT2D eigenvalue weighted by atomic mass is 35.5. The van der Waals surface area contributed by atoms with Crippen molar-refractivity contribution in [2.45, 2.75) is 19.9 Å². The highest BCUT2D eigenvalue weighted by molar-refractivity contribution is 6.30. The summed E-state index contributed by atoms with van der Waals surface area (Å²) in [6.07, 6.45) is 0. The molecule has 1 heterocycles. The lowest BCUT2D eigenvalue weighted by molar-refractivity contribution is 0.281. The molecule has 0 aliphatic carbocycles. The van der Waals surface area contributed by atoms with E-state index >= 15 is 0 Å². The third-order valence-corrected chi connectivity index (χ3v) is 4.14. The minimum atomic E-state index is -0.151. The van der Waals surface area contributed by atoms with Gasteiger partial charge in [0.05, 0.1) is 12.3 Å². The first-order valence-electron chi connectivity index (χ1n) is 8.40. The fourth-order valence-corrected chi connectivity index (χ4v) is 2.64. The molecule has 0 fully saturated rings. The Labute approximate surface area is 158 Å². The summed E-state index contributed by atoms with van der Waals surface area (Å²) >= 11 is 6.12. The normalized spacial score (nSPS) is 11.8. The monoisotopic (exact) mass is 368 g/mol. The maximum atomic E-state index is 9.31. The number of aliphatic hydroxyl groups excluding tert-OH is 1. The van der Waals surface area contributed by atoms with E-state index < -0.39 is 0 Å². The summed E-state index contributed by atoms with van der Waals surface area (Å²) in [6.45, 7) is 3.87. The number of halogens is 1. The molecule has 134 valence electrons. The lowest BCUT2D eigenvalue weighted by Crippen LogP contribution is -2.21. The van der Waals surface area contributed by atoms with Gasteiger partial charge in [-0.05, 0) is 31.5 Å². The van der Waals surface area contributed by atoms with Crippen molar-refractivity contribution >= 4 is 29.1 Å². The molecule has 0 radical (unpaired) electrons. The van der Waals surface area contributed by atoms with Gasteiger partial charge in [0.2, 0.25) is 5.95 Å². The third-order valence-electron chi connectivity index (χ3n) is 3.91. The largest absolute Gasteiger partial charge is 0.394 e. The molecule has 3 N–H and O–H groups in total. The maximum Gasteiger partial charge on any atom is 0.225 e. The Morgan fingerprint density at radius 1 is 1.08 bits per heavy atom. The van der Waals surface area contributed by atoms with Crippen molar-refractivity contribution in [3.05, 3.63) is 65.2 Å². The maximum absolute atomic E-state index is 9.31. The summed E-state index contributed by atoms with van der Waals surface area (Å²) < 4.78 is 0. The van der Waals surface area contributed by atoms with E-state index in [0.29, 0.717) is 16.8 Å². The van der Waals surface area contributed by atoms with Crippen LogP contribution in [0.25, 0.3) is 11.3 Å². The van der Waals surface area contributed by atoms with E-state index in [4.69, 9.17) is 11.6 Å². The van der Waals surface area contributed by atoms with Crippen molar-refractivity contribution in [3.63, 3.8) is 0 Å². The van der Waals surface area contributed by atoms with Crippen LogP contribution in [0, 0.1) is 6.92 Å². The molecule has 0 aliphatic rings. The summed E-state index contributed by atoms with van der Waals surface area (Å²) in [5, 5.41) is 16.4. The van der Waals surface area contributed by atoms with Crippen LogP contribution in [0.4, 0.5) is 17.5 Å². The molecule has 0 saturated carbocycles. The Kier molecular flexibility index (Phi) is 5.71. The molecule has 0 saturated heterocycles. The first-order chi connectivity index (χ1) is 12.5. The van der Waals surface area contributed by atoms with E-state index in [1.54, 1.807) is 0 Å².